The SMILES string of the molecule is CN(Cc1ccc(Br)cc1)Cc1ccco1. The number of benzene rings is 1. The van der Waals surface area contributed by atoms with Crippen LogP contribution in [0.25, 0.3) is 0 Å². The molecule has 0 aliphatic rings. The Hall–Kier alpha value is -1.06. The minimum Gasteiger partial charge on any atom is -0.468 e. The van der Waals surface area contributed by atoms with Crippen molar-refractivity contribution in [3.63, 3.8) is 0 Å². The Morgan fingerprint density at radius 1 is 1.12 bits per heavy atom. The van der Waals surface area contributed by atoms with E-state index in [4.69, 9.17) is 4.42 Å². The first-order chi connectivity index (χ1) is 7.74. The zero-order valence-electron chi connectivity index (χ0n) is 9.19. The highest BCUT2D eigenvalue weighted by Crippen LogP contribution is 2.13. The fourth-order valence-electron chi connectivity index (χ4n) is 1.63. The molecule has 1 aromatic carbocycles. The fraction of sp³-hybridized carbons (Fsp3) is 0.231. The number of hydrogen-bond acceptors (Lipinski definition) is 2. The molecule has 0 saturated heterocycles. The third kappa shape index (κ3) is 3.22. The molecule has 0 N–H and O–H groups in total. The standard InChI is InChI=1S/C13H14BrNO/c1-15(10-13-3-2-8-16-13)9-11-4-6-12(14)7-5-11/h2-8H,9-10H2,1H3. The van der Waals surface area contributed by atoms with Crippen LogP contribution in [0.4, 0.5) is 0 Å². The van der Waals surface area contributed by atoms with E-state index in [2.05, 4.69) is 52.1 Å². The highest BCUT2D eigenvalue weighted by Gasteiger charge is 2.03. The maximum absolute atomic E-state index is 5.31. The molecule has 0 spiro atoms. The van der Waals surface area contributed by atoms with Gasteiger partial charge >= 0.3 is 0 Å². The molecule has 1 aromatic heterocycles. The Labute approximate surface area is 104 Å². The molecule has 0 aliphatic carbocycles. The van der Waals surface area contributed by atoms with Crippen LogP contribution < -0.4 is 0 Å². The summed E-state index contributed by atoms with van der Waals surface area (Å²) in [4.78, 5) is 2.22. The summed E-state index contributed by atoms with van der Waals surface area (Å²) in [5, 5.41) is 0. The summed E-state index contributed by atoms with van der Waals surface area (Å²) >= 11 is 3.43. The van der Waals surface area contributed by atoms with Gasteiger partial charge in [-0.3, -0.25) is 4.90 Å². The normalized spacial score (nSPS) is 10.9. The predicted molar refractivity (Wildman–Crippen MR) is 68.0 cm³/mol. The van der Waals surface area contributed by atoms with Crippen molar-refractivity contribution in [3.05, 3.63) is 58.5 Å². The summed E-state index contributed by atoms with van der Waals surface area (Å²) < 4.78 is 6.43. The van der Waals surface area contributed by atoms with Crippen LogP contribution in [0.1, 0.15) is 11.3 Å². The van der Waals surface area contributed by atoms with Crippen LogP contribution in [-0.2, 0) is 13.1 Å². The van der Waals surface area contributed by atoms with Crippen molar-refractivity contribution in [3.8, 4) is 0 Å². The van der Waals surface area contributed by atoms with Gasteiger partial charge in [0.05, 0.1) is 12.8 Å². The minimum absolute atomic E-state index is 0.836. The van der Waals surface area contributed by atoms with Crippen molar-refractivity contribution in [2.75, 3.05) is 7.05 Å². The Bertz CT molecular complexity index is 422. The van der Waals surface area contributed by atoms with E-state index in [1.165, 1.54) is 5.56 Å². The van der Waals surface area contributed by atoms with Gasteiger partial charge in [-0.2, -0.15) is 0 Å². The van der Waals surface area contributed by atoms with Gasteiger partial charge in [0.1, 0.15) is 5.76 Å². The van der Waals surface area contributed by atoms with E-state index in [1.807, 2.05) is 12.1 Å². The maximum Gasteiger partial charge on any atom is 0.117 e. The van der Waals surface area contributed by atoms with Crippen molar-refractivity contribution in [2.45, 2.75) is 13.1 Å². The van der Waals surface area contributed by atoms with Crippen molar-refractivity contribution in [1.82, 2.24) is 4.90 Å². The van der Waals surface area contributed by atoms with Gasteiger partial charge in [0.2, 0.25) is 0 Å². The van der Waals surface area contributed by atoms with E-state index >= 15 is 0 Å². The molecular weight excluding hydrogens is 266 g/mol. The first-order valence-electron chi connectivity index (χ1n) is 5.19. The first-order valence-corrected chi connectivity index (χ1v) is 5.99. The molecule has 16 heavy (non-hydrogen) atoms. The summed E-state index contributed by atoms with van der Waals surface area (Å²) in [5.74, 6) is 1.000. The van der Waals surface area contributed by atoms with Crippen molar-refractivity contribution in [2.24, 2.45) is 0 Å². The highest BCUT2D eigenvalue weighted by molar-refractivity contribution is 9.10. The molecule has 3 heteroatoms. The molecule has 84 valence electrons. The van der Waals surface area contributed by atoms with Crippen LogP contribution in [0.15, 0.2) is 51.6 Å². The van der Waals surface area contributed by atoms with E-state index < -0.39 is 0 Å². The number of halogens is 1. The summed E-state index contributed by atoms with van der Waals surface area (Å²) in [5.41, 5.74) is 1.30. The lowest BCUT2D eigenvalue weighted by Crippen LogP contribution is -2.16. The van der Waals surface area contributed by atoms with Gasteiger partial charge in [-0.15, -0.1) is 0 Å². The van der Waals surface area contributed by atoms with Crippen LogP contribution >= 0.6 is 15.9 Å². The van der Waals surface area contributed by atoms with Gasteiger partial charge < -0.3 is 4.42 Å². The van der Waals surface area contributed by atoms with E-state index in [9.17, 15) is 0 Å². The Morgan fingerprint density at radius 3 is 2.50 bits per heavy atom. The van der Waals surface area contributed by atoms with E-state index in [0.29, 0.717) is 0 Å². The summed E-state index contributed by atoms with van der Waals surface area (Å²) in [6.07, 6.45) is 1.71. The fourth-order valence-corrected chi connectivity index (χ4v) is 1.89. The molecule has 2 aromatic rings. The molecule has 0 amide bonds. The molecule has 2 nitrogen and oxygen atoms in total. The smallest absolute Gasteiger partial charge is 0.117 e. The van der Waals surface area contributed by atoms with Crippen LogP contribution in [-0.4, -0.2) is 11.9 Å². The van der Waals surface area contributed by atoms with Gasteiger partial charge in [0.15, 0.2) is 0 Å². The number of nitrogens with zero attached hydrogens (tertiary/aromatic N) is 1. The molecular formula is C13H14BrNO. The average Bonchev–Trinajstić information content (AvgIpc) is 2.74. The molecule has 0 bridgehead atoms. The highest BCUT2D eigenvalue weighted by atomic mass is 79.9. The summed E-state index contributed by atoms with van der Waals surface area (Å²) in [6, 6.07) is 12.3. The Kier molecular flexibility index (Phi) is 3.80. The average molecular weight is 280 g/mol. The van der Waals surface area contributed by atoms with Crippen LogP contribution in [0.5, 0.6) is 0 Å². The van der Waals surface area contributed by atoms with Crippen LogP contribution in [0, 0.1) is 0 Å². The van der Waals surface area contributed by atoms with E-state index in [1.54, 1.807) is 6.26 Å². The van der Waals surface area contributed by atoms with Crippen molar-refractivity contribution < 1.29 is 4.42 Å². The van der Waals surface area contributed by atoms with Gasteiger partial charge in [-0.05, 0) is 36.9 Å². The van der Waals surface area contributed by atoms with Crippen LogP contribution in [0.2, 0.25) is 0 Å². The second-order valence-corrected chi connectivity index (χ2v) is 4.79. The lowest BCUT2D eigenvalue weighted by Gasteiger charge is -2.15. The Morgan fingerprint density at radius 2 is 1.88 bits per heavy atom. The zero-order valence-corrected chi connectivity index (χ0v) is 10.8. The topological polar surface area (TPSA) is 16.4 Å². The van der Waals surface area contributed by atoms with Crippen molar-refractivity contribution >= 4 is 15.9 Å². The first kappa shape index (κ1) is 11.4. The molecule has 0 atom stereocenters. The molecule has 0 radical (unpaired) electrons. The maximum atomic E-state index is 5.31. The third-order valence-electron chi connectivity index (χ3n) is 2.37. The summed E-state index contributed by atoms with van der Waals surface area (Å²) in [6.45, 7) is 1.76. The predicted octanol–water partition coefficient (Wildman–Crippen LogP) is 3.67. The largest absolute Gasteiger partial charge is 0.468 e. The van der Waals surface area contributed by atoms with Gasteiger partial charge in [0, 0.05) is 11.0 Å². The molecule has 1 heterocycles. The summed E-state index contributed by atoms with van der Waals surface area (Å²) in [7, 11) is 2.09. The van der Waals surface area contributed by atoms with Gasteiger partial charge in [-0.1, -0.05) is 28.1 Å². The van der Waals surface area contributed by atoms with E-state index in [0.717, 1.165) is 23.3 Å². The van der Waals surface area contributed by atoms with Crippen LogP contribution in [0.3, 0.4) is 0 Å². The van der Waals surface area contributed by atoms with E-state index in [-0.39, 0.29) is 0 Å². The second-order valence-electron chi connectivity index (χ2n) is 3.88. The molecule has 0 fully saturated rings. The van der Waals surface area contributed by atoms with Gasteiger partial charge in [0.25, 0.3) is 0 Å². The molecule has 0 unspecified atom stereocenters. The Balaban J connectivity index is 1.92. The molecule has 0 saturated carbocycles. The monoisotopic (exact) mass is 279 g/mol. The molecule has 0 aliphatic heterocycles. The number of rotatable bonds is 4. The molecule has 2 rings (SSSR count). The number of furan rings is 1. The van der Waals surface area contributed by atoms with Crippen molar-refractivity contribution in [1.29, 1.82) is 0 Å². The zero-order chi connectivity index (χ0) is 11.4. The quantitative estimate of drug-likeness (QED) is 0.849. The van der Waals surface area contributed by atoms with Gasteiger partial charge in [-0.25, -0.2) is 0 Å². The lowest BCUT2D eigenvalue weighted by molar-refractivity contribution is 0.288. The lowest BCUT2D eigenvalue weighted by atomic mass is 10.2. The second kappa shape index (κ2) is 5.32. The third-order valence-corrected chi connectivity index (χ3v) is 2.90. The number of hydrogen-bond donors (Lipinski definition) is 0. The minimum atomic E-state index is 0.836.